The number of aryl methyl sites for hydroxylation is 1. The Morgan fingerprint density at radius 2 is 1.82 bits per heavy atom. The summed E-state index contributed by atoms with van der Waals surface area (Å²) >= 11 is 7.14. The maximum Gasteiger partial charge on any atom is 0.260 e. The van der Waals surface area contributed by atoms with E-state index in [1.54, 1.807) is 28.8 Å². The average Bonchev–Trinajstić information content (AvgIpc) is 3.34. The van der Waals surface area contributed by atoms with Gasteiger partial charge in [-0.05, 0) is 36.4 Å². The lowest BCUT2D eigenvalue weighted by atomic mass is 10.3. The Bertz CT molecular complexity index is 1340. The van der Waals surface area contributed by atoms with Crippen molar-refractivity contribution in [3.8, 4) is 0 Å². The van der Waals surface area contributed by atoms with E-state index in [-0.39, 0.29) is 11.7 Å². The molecule has 10 heteroatoms. The smallest absolute Gasteiger partial charge is 0.260 e. The molecule has 3 aromatic heterocycles. The molecule has 0 spiro atoms. The van der Waals surface area contributed by atoms with Gasteiger partial charge in [0.15, 0.2) is 0 Å². The molecule has 28 heavy (non-hydrogen) atoms. The molecule has 0 saturated heterocycles. The number of para-hydroxylation sites is 2. The minimum Gasteiger partial charge on any atom is -0.325 e. The van der Waals surface area contributed by atoms with Crippen LogP contribution in [-0.2, 0) is 11.8 Å². The summed E-state index contributed by atoms with van der Waals surface area (Å²) in [6.07, 6.45) is 0. The lowest BCUT2D eigenvalue weighted by Crippen LogP contribution is -2.14. The summed E-state index contributed by atoms with van der Waals surface area (Å²) in [4.78, 5) is 12.2. The van der Waals surface area contributed by atoms with E-state index in [9.17, 15) is 4.79 Å². The molecule has 0 aliphatic heterocycles. The van der Waals surface area contributed by atoms with Crippen LogP contribution in [0.1, 0.15) is 0 Å². The van der Waals surface area contributed by atoms with E-state index >= 15 is 0 Å². The first-order valence-corrected chi connectivity index (χ1v) is 9.84. The molecule has 0 saturated carbocycles. The van der Waals surface area contributed by atoms with Gasteiger partial charge in [-0.15, -0.1) is 15.3 Å². The van der Waals surface area contributed by atoms with Gasteiger partial charge in [0.2, 0.25) is 16.8 Å². The molecule has 3 heterocycles. The first kappa shape index (κ1) is 17.1. The fourth-order valence-corrected chi connectivity index (χ4v) is 3.94. The third kappa shape index (κ3) is 2.71. The maximum atomic E-state index is 12.2. The zero-order chi connectivity index (χ0) is 19.3. The lowest BCUT2D eigenvalue weighted by Gasteiger charge is -2.04. The summed E-state index contributed by atoms with van der Waals surface area (Å²) in [6, 6.07) is 15.0. The van der Waals surface area contributed by atoms with E-state index in [0.717, 1.165) is 16.8 Å². The summed E-state index contributed by atoms with van der Waals surface area (Å²) in [6.45, 7) is 0. The Morgan fingerprint density at radius 1 is 1.07 bits per heavy atom. The van der Waals surface area contributed by atoms with E-state index in [1.165, 1.54) is 11.8 Å². The highest BCUT2D eigenvalue weighted by Gasteiger charge is 2.19. The number of fused-ring (bicyclic) bond motifs is 5. The highest BCUT2D eigenvalue weighted by Crippen LogP contribution is 2.24. The van der Waals surface area contributed by atoms with Crippen molar-refractivity contribution >= 4 is 57.5 Å². The molecule has 140 valence electrons. The number of benzene rings is 2. The Morgan fingerprint density at radius 3 is 2.61 bits per heavy atom. The Labute approximate surface area is 168 Å². The Balaban J connectivity index is 1.41. The predicted molar refractivity (Wildman–Crippen MR) is 109 cm³/mol. The summed E-state index contributed by atoms with van der Waals surface area (Å²) < 4.78 is 5.63. The topological polar surface area (TPSA) is 81.5 Å². The number of hydrogen-bond acceptors (Lipinski definition) is 5. The van der Waals surface area contributed by atoms with E-state index in [0.29, 0.717) is 21.6 Å². The number of amides is 1. The number of nitrogens with zero attached hydrogens (tertiary/aromatic N) is 6. The standard InChI is InChI=1S/C18H14ClN7OS/c1-24-13-4-2-3-5-14(13)25-16-21-22-18(26(16)23-17(24)25)28-10-15(27)20-12-8-6-11(19)7-9-12/h2-9H,10H2,1H3,(H,20,27). The van der Waals surface area contributed by atoms with Crippen molar-refractivity contribution in [1.82, 2.24) is 28.8 Å². The van der Waals surface area contributed by atoms with Crippen molar-refractivity contribution in [2.75, 3.05) is 11.1 Å². The molecule has 5 aromatic rings. The van der Waals surface area contributed by atoms with Crippen LogP contribution in [0.3, 0.4) is 0 Å². The zero-order valence-electron chi connectivity index (χ0n) is 14.7. The highest BCUT2D eigenvalue weighted by molar-refractivity contribution is 7.99. The van der Waals surface area contributed by atoms with Crippen molar-refractivity contribution in [2.24, 2.45) is 7.05 Å². The molecule has 0 radical (unpaired) electrons. The number of aromatic nitrogens is 6. The number of nitrogens with one attached hydrogen (secondary N) is 1. The van der Waals surface area contributed by atoms with Crippen molar-refractivity contribution < 1.29 is 4.79 Å². The largest absolute Gasteiger partial charge is 0.325 e. The van der Waals surface area contributed by atoms with Gasteiger partial charge in [0.25, 0.3) is 5.78 Å². The third-order valence-electron chi connectivity index (χ3n) is 4.43. The fourth-order valence-electron chi connectivity index (χ4n) is 3.14. The van der Waals surface area contributed by atoms with Gasteiger partial charge in [0.1, 0.15) is 0 Å². The second-order valence-corrected chi connectivity index (χ2v) is 7.60. The second kappa shape index (κ2) is 6.54. The summed E-state index contributed by atoms with van der Waals surface area (Å²) in [5.74, 6) is 1.43. The molecule has 0 aliphatic carbocycles. The number of anilines is 1. The molecule has 0 unspecified atom stereocenters. The molecule has 2 aromatic carbocycles. The monoisotopic (exact) mass is 411 g/mol. The molecule has 0 bridgehead atoms. The van der Waals surface area contributed by atoms with Crippen LogP contribution < -0.4 is 5.32 Å². The number of hydrogen-bond donors (Lipinski definition) is 1. The number of rotatable bonds is 4. The van der Waals surface area contributed by atoms with Gasteiger partial charge in [0, 0.05) is 17.8 Å². The molecular weight excluding hydrogens is 398 g/mol. The van der Waals surface area contributed by atoms with Crippen molar-refractivity contribution in [1.29, 1.82) is 0 Å². The molecule has 5 rings (SSSR count). The summed E-state index contributed by atoms with van der Waals surface area (Å²) in [5.41, 5.74) is 2.76. The number of carbonyl (C=O) groups is 1. The first-order valence-electron chi connectivity index (χ1n) is 8.47. The molecule has 8 nitrogen and oxygen atoms in total. The fraction of sp³-hybridized carbons (Fsp3) is 0.111. The third-order valence-corrected chi connectivity index (χ3v) is 5.60. The maximum absolute atomic E-state index is 12.2. The van der Waals surface area contributed by atoms with Gasteiger partial charge in [-0.25, -0.2) is 4.40 Å². The van der Waals surface area contributed by atoms with Gasteiger partial charge in [-0.3, -0.25) is 4.79 Å². The summed E-state index contributed by atoms with van der Waals surface area (Å²) in [5, 5.41) is 17.1. The van der Waals surface area contributed by atoms with E-state index in [1.807, 2.05) is 40.3 Å². The normalized spacial score (nSPS) is 11.6. The summed E-state index contributed by atoms with van der Waals surface area (Å²) in [7, 11) is 1.96. The van der Waals surface area contributed by atoms with Gasteiger partial charge >= 0.3 is 0 Å². The van der Waals surface area contributed by atoms with Crippen LogP contribution in [0.2, 0.25) is 5.02 Å². The molecule has 1 N–H and O–H groups in total. The minimum absolute atomic E-state index is 0.140. The predicted octanol–water partition coefficient (Wildman–Crippen LogP) is 3.25. The SMILES string of the molecule is Cn1c2ccccc2n2c1nn1c(SCC(=O)Nc3ccc(Cl)cc3)nnc12. The van der Waals surface area contributed by atoms with Gasteiger partial charge in [0.05, 0.1) is 16.8 Å². The van der Waals surface area contributed by atoms with Crippen LogP contribution in [0.15, 0.2) is 53.7 Å². The zero-order valence-corrected chi connectivity index (χ0v) is 16.3. The van der Waals surface area contributed by atoms with E-state index < -0.39 is 0 Å². The molecule has 0 fully saturated rings. The quantitative estimate of drug-likeness (QED) is 0.459. The van der Waals surface area contributed by atoms with Crippen LogP contribution in [0.5, 0.6) is 0 Å². The van der Waals surface area contributed by atoms with Crippen molar-refractivity contribution in [3.05, 3.63) is 53.6 Å². The highest BCUT2D eigenvalue weighted by atomic mass is 35.5. The second-order valence-electron chi connectivity index (χ2n) is 6.22. The molecule has 0 aliphatic rings. The average molecular weight is 412 g/mol. The van der Waals surface area contributed by atoms with Crippen LogP contribution in [0.25, 0.3) is 22.6 Å². The van der Waals surface area contributed by atoms with E-state index in [2.05, 4.69) is 20.6 Å². The lowest BCUT2D eigenvalue weighted by molar-refractivity contribution is -0.113. The van der Waals surface area contributed by atoms with Gasteiger partial charge in [-0.1, -0.05) is 35.5 Å². The first-order chi connectivity index (χ1) is 13.6. The van der Waals surface area contributed by atoms with Crippen molar-refractivity contribution in [3.63, 3.8) is 0 Å². The van der Waals surface area contributed by atoms with Crippen LogP contribution in [0.4, 0.5) is 5.69 Å². The van der Waals surface area contributed by atoms with Crippen molar-refractivity contribution in [2.45, 2.75) is 5.16 Å². The van der Waals surface area contributed by atoms with Crippen LogP contribution in [-0.4, -0.2) is 40.4 Å². The Hall–Kier alpha value is -3.04. The Kier molecular flexibility index (Phi) is 3.99. The number of imidazole rings is 1. The number of thioether (sulfide) groups is 1. The van der Waals surface area contributed by atoms with E-state index in [4.69, 9.17) is 11.6 Å². The molecule has 0 atom stereocenters. The van der Waals surface area contributed by atoms with Crippen LogP contribution >= 0.6 is 23.4 Å². The van der Waals surface area contributed by atoms with Crippen LogP contribution in [0, 0.1) is 0 Å². The molecule has 1 amide bonds. The minimum atomic E-state index is -0.140. The van der Waals surface area contributed by atoms with Gasteiger partial charge < -0.3 is 9.88 Å². The molecular formula is C18H14ClN7OS. The number of halogens is 1. The van der Waals surface area contributed by atoms with Gasteiger partial charge in [-0.2, -0.15) is 4.52 Å². The number of carbonyl (C=O) groups excluding carboxylic acids is 1.